The molecule has 0 amide bonds. The van der Waals surface area contributed by atoms with Crippen LogP contribution in [0, 0.1) is 0 Å². The predicted octanol–water partition coefficient (Wildman–Crippen LogP) is 4.16. The molecule has 1 aliphatic heterocycles. The van der Waals surface area contributed by atoms with E-state index in [1.54, 1.807) is 0 Å². The summed E-state index contributed by atoms with van der Waals surface area (Å²) >= 11 is 6.32. The van der Waals surface area contributed by atoms with E-state index in [1.165, 1.54) is 23.1 Å². The normalized spacial score (nSPS) is 25.5. The molecular weight excluding hydrogens is 304 g/mol. The maximum absolute atomic E-state index is 6.32. The van der Waals surface area contributed by atoms with Crippen LogP contribution >= 0.6 is 11.6 Å². The molecular formula is C20H23ClN2. The van der Waals surface area contributed by atoms with E-state index in [-0.39, 0.29) is 0 Å². The van der Waals surface area contributed by atoms with Crippen LogP contribution in [0.4, 0.5) is 0 Å². The van der Waals surface area contributed by atoms with Crippen molar-refractivity contribution in [2.75, 3.05) is 33.2 Å². The Morgan fingerprint density at radius 2 is 1.65 bits per heavy atom. The lowest BCUT2D eigenvalue weighted by atomic mass is 9.93. The molecule has 2 atom stereocenters. The Hall–Kier alpha value is -1.35. The number of benzene rings is 2. The third-order valence-electron chi connectivity index (χ3n) is 5.42. The van der Waals surface area contributed by atoms with Crippen molar-refractivity contribution < 1.29 is 0 Å². The first-order chi connectivity index (χ1) is 11.2. The maximum atomic E-state index is 6.32. The van der Waals surface area contributed by atoms with Crippen LogP contribution in [0.3, 0.4) is 0 Å². The minimum absolute atomic E-state index is 0.494. The second-order valence-corrected chi connectivity index (χ2v) is 7.26. The number of piperazine rings is 1. The molecule has 2 aromatic carbocycles. The lowest BCUT2D eigenvalue weighted by Gasteiger charge is -2.37. The maximum Gasteiger partial charge on any atom is 0.0409 e. The first-order valence-corrected chi connectivity index (χ1v) is 8.87. The van der Waals surface area contributed by atoms with E-state index in [0.717, 1.165) is 31.2 Å². The Kier molecular flexibility index (Phi) is 4.14. The largest absolute Gasteiger partial charge is 0.304 e. The smallest absolute Gasteiger partial charge is 0.0409 e. The molecule has 2 nitrogen and oxygen atoms in total. The highest BCUT2D eigenvalue weighted by Gasteiger charge is 2.36. The summed E-state index contributed by atoms with van der Waals surface area (Å²) in [6.45, 7) is 4.61. The minimum Gasteiger partial charge on any atom is -0.304 e. The zero-order valence-corrected chi connectivity index (χ0v) is 14.3. The van der Waals surface area contributed by atoms with Crippen molar-refractivity contribution in [1.29, 1.82) is 0 Å². The molecule has 0 N–H and O–H groups in total. The van der Waals surface area contributed by atoms with Crippen molar-refractivity contribution in [3.63, 3.8) is 0 Å². The molecule has 4 rings (SSSR count). The number of halogens is 1. The van der Waals surface area contributed by atoms with Crippen molar-refractivity contribution in [1.82, 2.24) is 9.80 Å². The van der Waals surface area contributed by atoms with Gasteiger partial charge in [0.25, 0.3) is 0 Å². The molecule has 1 saturated heterocycles. The topological polar surface area (TPSA) is 6.48 Å². The Labute approximate surface area is 143 Å². The van der Waals surface area contributed by atoms with Gasteiger partial charge in [0, 0.05) is 43.2 Å². The molecule has 120 valence electrons. The third-order valence-corrected chi connectivity index (χ3v) is 5.66. The van der Waals surface area contributed by atoms with Gasteiger partial charge in [-0.1, -0.05) is 48.0 Å². The summed E-state index contributed by atoms with van der Waals surface area (Å²) in [5.74, 6) is 0.494. The first-order valence-electron chi connectivity index (χ1n) is 8.49. The molecule has 0 radical (unpaired) electrons. The second kappa shape index (κ2) is 6.27. The summed E-state index contributed by atoms with van der Waals surface area (Å²) in [7, 11) is 2.21. The fourth-order valence-electron chi connectivity index (χ4n) is 4.11. The molecule has 1 fully saturated rings. The lowest BCUT2D eigenvalue weighted by molar-refractivity contribution is 0.110. The van der Waals surface area contributed by atoms with E-state index in [4.69, 9.17) is 11.6 Å². The van der Waals surface area contributed by atoms with Gasteiger partial charge >= 0.3 is 0 Å². The van der Waals surface area contributed by atoms with Gasteiger partial charge in [-0.2, -0.15) is 0 Å². The molecule has 2 aromatic rings. The first kappa shape index (κ1) is 15.2. The van der Waals surface area contributed by atoms with Crippen LogP contribution < -0.4 is 0 Å². The number of hydrogen-bond donors (Lipinski definition) is 0. The lowest BCUT2D eigenvalue weighted by Crippen LogP contribution is -2.45. The Balaban J connectivity index is 1.69. The van der Waals surface area contributed by atoms with Crippen LogP contribution in [0.5, 0.6) is 0 Å². The molecule has 1 heterocycles. The van der Waals surface area contributed by atoms with Gasteiger partial charge in [0.2, 0.25) is 0 Å². The molecule has 2 unspecified atom stereocenters. The van der Waals surface area contributed by atoms with Crippen LogP contribution in [-0.2, 0) is 0 Å². The summed E-state index contributed by atoms with van der Waals surface area (Å²) in [5, 5.41) is 0.858. The van der Waals surface area contributed by atoms with E-state index in [0.29, 0.717) is 12.0 Å². The van der Waals surface area contributed by atoms with Crippen molar-refractivity contribution in [2.24, 2.45) is 0 Å². The van der Waals surface area contributed by atoms with Gasteiger partial charge in [-0.15, -0.1) is 0 Å². The van der Waals surface area contributed by atoms with Crippen LogP contribution in [0.2, 0.25) is 5.02 Å². The molecule has 3 heteroatoms. The molecule has 2 aliphatic rings. The average Bonchev–Trinajstić information content (AvgIpc) is 2.95. The Morgan fingerprint density at radius 1 is 0.913 bits per heavy atom. The standard InChI is InChI=1S/C20H23ClN2/c1-22-9-11-23(12-10-22)20-14-18(15-5-3-2-4-6-15)17-8-7-16(21)13-19(17)20/h2-8,13,18,20H,9-12,14H2,1H3. The summed E-state index contributed by atoms with van der Waals surface area (Å²) in [6.07, 6.45) is 1.17. The number of fused-ring (bicyclic) bond motifs is 1. The highest BCUT2D eigenvalue weighted by molar-refractivity contribution is 6.30. The van der Waals surface area contributed by atoms with Crippen molar-refractivity contribution in [3.8, 4) is 0 Å². The summed E-state index contributed by atoms with van der Waals surface area (Å²) in [5.41, 5.74) is 4.33. The summed E-state index contributed by atoms with van der Waals surface area (Å²) in [4.78, 5) is 5.07. The van der Waals surface area contributed by atoms with Gasteiger partial charge in [0.15, 0.2) is 0 Å². The van der Waals surface area contributed by atoms with Gasteiger partial charge in [-0.25, -0.2) is 0 Å². The monoisotopic (exact) mass is 326 g/mol. The highest BCUT2D eigenvalue weighted by atomic mass is 35.5. The SMILES string of the molecule is CN1CCN(C2CC(c3ccccc3)c3ccc(Cl)cc32)CC1. The fourth-order valence-corrected chi connectivity index (χ4v) is 4.29. The van der Waals surface area contributed by atoms with Gasteiger partial charge in [0.1, 0.15) is 0 Å². The van der Waals surface area contributed by atoms with E-state index >= 15 is 0 Å². The van der Waals surface area contributed by atoms with E-state index < -0.39 is 0 Å². The Morgan fingerprint density at radius 3 is 2.39 bits per heavy atom. The van der Waals surface area contributed by atoms with Crippen molar-refractivity contribution in [2.45, 2.75) is 18.4 Å². The number of hydrogen-bond acceptors (Lipinski definition) is 2. The van der Waals surface area contributed by atoms with Gasteiger partial charge in [-0.3, -0.25) is 4.90 Å². The van der Waals surface area contributed by atoms with Crippen LogP contribution in [0.25, 0.3) is 0 Å². The highest BCUT2D eigenvalue weighted by Crippen LogP contribution is 2.47. The van der Waals surface area contributed by atoms with Gasteiger partial charge in [0.05, 0.1) is 0 Å². The predicted molar refractivity (Wildman–Crippen MR) is 96.2 cm³/mol. The van der Waals surface area contributed by atoms with Crippen molar-refractivity contribution >= 4 is 11.6 Å². The number of nitrogens with zero attached hydrogens (tertiary/aromatic N) is 2. The second-order valence-electron chi connectivity index (χ2n) is 6.83. The quantitative estimate of drug-likeness (QED) is 0.817. The average molecular weight is 327 g/mol. The molecule has 1 aliphatic carbocycles. The molecule has 23 heavy (non-hydrogen) atoms. The van der Waals surface area contributed by atoms with Crippen molar-refractivity contribution in [3.05, 3.63) is 70.2 Å². The van der Waals surface area contributed by atoms with Gasteiger partial charge < -0.3 is 4.90 Å². The zero-order chi connectivity index (χ0) is 15.8. The van der Waals surface area contributed by atoms with Crippen LogP contribution in [-0.4, -0.2) is 43.0 Å². The summed E-state index contributed by atoms with van der Waals surface area (Å²) in [6, 6.07) is 17.9. The van der Waals surface area contributed by atoms with Gasteiger partial charge in [-0.05, 0) is 42.3 Å². The zero-order valence-electron chi connectivity index (χ0n) is 13.6. The molecule has 0 spiro atoms. The Bertz CT molecular complexity index is 677. The number of likely N-dealkylation sites (N-methyl/N-ethyl adjacent to an activating group) is 1. The molecule has 0 saturated carbocycles. The molecule has 0 bridgehead atoms. The summed E-state index contributed by atoms with van der Waals surface area (Å²) < 4.78 is 0. The number of rotatable bonds is 2. The molecule has 0 aromatic heterocycles. The van der Waals surface area contributed by atoms with Crippen LogP contribution in [0.1, 0.15) is 35.1 Å². The van der Waals surface area contributed by atoms with E-state index in [2.05, 4.69) is 59.3 Å². The van der Waals surface area contributed by atoms with E-state index in [1.807, 2.05) is 6.07 Å². The van der Waals surface area contributed by atoms with Crippen LogP contribution in [0.15, 0.2) is 48.5 Å². The minimum atomic E-state index is 0.494. The third kappa shape index (κ3) is 2.91. The van der Waals surface area contributed by atoms with E-state index in [9.17, 15) is 0 Å². The fraction of sp³-hybridized carbons (Fsp3) is 0.400.